The van der Waals surface area contributed by atoms with Crippen molar-refractivity contribution in [2.24, 2.45) is 0 Å². The molecule has 0 bridgehead atoms. The first-order chi connectivity index (χ1) is 12.6. The average Bonchev–Trinajstić information content (AvgIpc) is 3.00. The zero-order valence-corrected chi connectivity index (χ0v) is 15.8. The van der Waals surface area contributed by atoms with Gasteiger partial charge in [0.25, 0.3) is 0 Å². The van der Waals surface area contributed by atoms with Crippen molar-refractivity contribution in [3.63, 3.8) is 0 Å². The Hall–Kier alpha value is -2.34. The van der Waals surface area contributed by atoms with Crippen LogP contribution >= 0.6 is 15.9 Å². The predicted octanol–water partition coefficient (Wildman–Crippen LogP) is 5.17. The molecule has 0 spiro atoms. The molecule has 4 nitrogen and oxygen atoms in total. The molecule has 4 rings (SSSR count). The Morgan fingerprint density at radius 3 is 2.81 bits per heavy atom. The summed E-state index contributed by atoms with van der Waals surface area (Å²) in [6.45, 7) is 2.65. The molecule has 0 saturated carbocycles. The molecule has 134 valence electrons. The van der Waals surface area contributed by atoms with Crippen molar-refractivity contribution in [1.29, 1.82) is 0 Å². The van der Waals surface area contributed by atoms with Gasteiger partial charge in [-0.05, 0) is 54.8 Å². The van der Waals surface area contributed by atoms with Crippen LogP contribution in [-0.2, 0) is 11.2 Å². The maximum atomic E-state index is 13.8. The first kappa shape index (κ1) is 17.1. The third-order valence-corrected chi connectivity index (χ3v) is 5.31. The third kappa shape index (κ3) is 2.88. The first-order valence-corrected chi connectivity index (χ1v) is 9.36. The van der Waals surface area contributed by atoms with Crippen molar-refractivity contribution in [3.05, 3.63) is 69.6 Å². The van der Waals surface area contributed by atoms with E-state index in [4.69, 9.17) is 4.74 Å². The molecule has 1 aliphatic heterocycles. The minimum atomic E-state index is -0.337. The maximum absolute atomic E-state index is 13.8. The Labute approximate surface area is 159 Å². The molecule has 0 radical (unpaired) electrons. The summed E-state index contributed by atoms with van der Waals surface area (Å²) in [7, 11) is 0. The number of aromatic amines is 1. The molecule has 1 atom stereocenters. The van der Waals surface area contributed by atoms with Crippen LogP contribution in [0.3, 0.4) is 0 Å². The fourth-order valence-electron chi connectivity index (χ4n) is 3.66. The van der Waals surface area contributed by atoms with Crippen LogP contribution in [0, 0.1) is 5.82 Å². The molecular formula is C20H18BrFN2O2. The number of aromatic nitrogens is 1. The molecular weight excluding hydrogens is 399 g/mol. The summed E-state index contributed by atoms with van der Waals surface area (Å²) in [4.78, 5) is 17.7. The number of hydrogen-bond donors (Lipinski definition) is 1. The number of benzene rings is 2. The Bertz CT molecular complexity index is 968. The second kappa shape index (κ2) is 6.76. The van der Waals surface area contributed by atoms with E-state index in [2.05, 4.69) is 20.9 Å². The number of hydrogen-bond acceptors (Lipinski definition) is 2. The molecule has 26 heavy (non-hydrogen) atoms. The fraction of sp³-hybridized carbons (Fsp3) is 0.250. The molecule has 1 amide bonds. The summed E-state index contributed by atoms with van der Waals surface area (Å²) in [5, 5.41) is 0.880. The van der Waals surface area contributed by atoms with Crippen LogP contribution in [0.1, 0.15) is 29.8 Å². The molecule has 0 aliphatic carbocycles. The zero-order valence-electron chi connectivity index (χ0n) is 14.3. The van der Waals surface area contributed by atoms with Crippen LogP contribution in [-0.4, -0.2) is 29.1 Å². The van der Waals surface area contributed by atoms with Crippen molar-refractivity contribution >= 4 is 32.9 Å². The zero-order chi connectivity index (χ0) is 18.3. The molecule has 6 heteroatoms. The van der Waals surface area contributed by atoms with Crippen LogP contribution < -0.4 is 0 Å². The van der Waals surface area contributed by atoms with Gasteiger partial charge in [-0.2, -0.15) is 0 Å². The van der Waals surface area contributed by atoms with E-state index < -0.39 is 0 Å². The quantitative estimate of drug-likeness (QED) is 0.625. The van der Waals surface area contributed by atoms with Gasteiger partial charge in [-0.3, -0.25) is 4.90 Å². The summed E-state index contributed by atoms with van der Waals surface area (Å²) in [5.74, 6) is -0.257. The molecule has 0 saturated heterocycles. The number of fused-ring (bicyclic) bond motifs is 3. The first-order valence-electron chi connectivity index (χ1n) is 8.57. The number of ether oxygens (including phenoxy) is 1. The molecule has 1 aliphatic rings. The summed E-state index contributed by atoms with van der Waals surface area (Å²) in [6.07, 6.45) is 0.320. The molecule has 0 fully saturated rings. The highest BCUT2D eigenvalue weighted by Gasteiger charge is 2.35. The Morgan fingerprint density at radius 1 is 1.31 bits per heavy atom. The highest BCUT2D eigenvalue weighted by Crippen LogP contribution is 2.39. The van der Waals surface area contributed by atoms with E-state index in [1.54, 1.807) is 24.0 Å². The van der Waals surface area contributed by atoms with E-state index in [-0.39, 0.29) is 18.0 Å². The van der Waals surface area contributed by atoms with Gasteiger partial charge in [0.1, 0.15) is 11.9 Å². The number of nitrogens with zero attached hydrogens (tertiary/aromatic N) is 1. The van der Waals surface area contributed by atoms with Crippen LogP contribution in [0.5, 0.6) is 0 Å². The number of halogens is 2. The highest BCUT2D eigenvalue weighted by molar-refractivity contribution is 9.10. The van der Waals surface area contributed by atoms with Gasteiger partial charge in [-0.1, -0.05) is 28.1 Å². The van der Waals surface area contributed by atoms with Gasteiger partial charge in [0.05, 0.1) is 6.61 Å². The Balaban J connectivity index is 1.88. The summed E-state index contributed by atoms with van der Waals surface area (Å²) >= 11 is 3.45. The Kier molecular flexibility index (Phi) is 4.44. The normalized spacial score (nSPS) is 16.6. The van der Waals surface area contributed by atoms with E-state index in [0.717, 1.165) is 32.2 Å². The lowest BCUT2D eigenvalue weighted by molar-refractivity contribution is 0.0932. The number of nitrogens with one attached hydrogen (secondary N) is 1. The SMILES string of the molecule is CCOC(=O)N1CCc2c([nH]c3ccc(F)cc23)C1c1ccc(Br)cc1. The van der Waals surface area contributed by atoms with Crippen LogP contribution in [0.25, 0.3) is 10.9 Å². The van der Waals surface area contributed by atoms with Crippen molar-refractivity contribution in [3.8, 4) is 0 Å². The van der Waals surface area contributed by atoms with Gasteiger partial charge in [0, 0.05) is 27.6 Å². The van der Waals surface area contributed by atoms with E-state index in [1.807, 2.05) is 24.3 Å². The van der Waals surface area contributed by atoms with Crippen molar-refractivity contribution in [2.75, 3.05) is 13.2 Å². The third-order valence-electron chi connectivity index (χ3n) is 4.78. The minimum absolute atomic E-state index is 0.257. The van der Waals surface area contributed by atoms with Crippen LogP contribution in [0.4, 0.5) is 9.18 Å². The number of H-pyrrole nitrogens is 1. The molecule has 2 aromatic carbocycles. The smallest absolute Gasteiger partial charge is 0.410 e. The van der Waals surface area contributed by atoms with Gasteiger partial charge < -0.3 is 9.72 Å². The lowest BCUT2D eigenvalue weighted by Gasteiger charge is -2.35. The predicted molar refractivity (Wildman–Crippen MR) is 102 cm³/mol. The Morgan fingerprint density at radius 2 is 2.08 bits per heavy atom. The van der Waals surface area contributed by atoms with Crippen LogP contribution in [0.2, 0.25) is 0 Å². The average molecular weight is 417 g/mol. The van der Waals surface area contributed by atoms with Crippen molar-refractivity contribution in [1.82, 2.24) is 9.88 Å². The van der Waals surface area contributed by atoms with E-state index in [9.17, 15) is 9.18 Å². The summed E-state index contributed by atoms with van der Waals surface area (Å²) < 4.78 is 20.0. The minimum Gasteiger partial charge on any atom is -0.450 e. The van der Waals surface area contributed by atoms with Crippen LogP contribution in [0.15, 0.2) is 46.9 Å². The molecule has 1 aromatic heterocycles. The lowest BCUT2D eigenvalue weighted by Crippen LogP contribution is -2.40. The summed E-state index contributed by atoms with van der Waals surface area (Å²) in [6, 6.07) is 12.3. The van der Waals surface area contributed by atoms with Gasteiger partial charge in [0.2, 0.25) is 0 Å². The van der Waals surface area contributed by atoms with Gasteiger partial charge in [0.15, 0.2) is 0 Å². The molecule has 1 N–H and O–H groups in total. The number of carbonyl (C=O) groups excluding carboxylic acids is 1. The number of carbonyl (C=O) groups is 1. The largest absolute Gasteiger partial charge is 0.450 e. The molecule has 1 unspecified atom stereocenters. The van der Waals surface area contributed by atoms with Gasteiger partial charge >= 0.3 is 6.09 Å². The lowest BCUT2D eigenvalue weighted by atomic mass is 9.93. The maximum Gasteiger partial charge on any atom is 0.410 e. The standard InChI is InChI=1S/C20H18BrFN2O2/c1-2-26-20(25)24-10-9-15-16-11-14(22)7-8-17(16)23-18(15)19(24)12-3-5-13(21)6-4-12/h3-8,11,19,23H,2,9-10H2,1H3. The monoisotopic (exact) mass is 416 g/mol. The highest BCUT2D eigenvalue weighted by atomic mass is 79.9. The van der Waals surface area contributed by atoms with E-state index in [0.29, 0.717) is 19.6 Å². The summed E-state index contributed by atoms with van der Waals surface area (Å²) in [5.41, 5.74) is 3.85. The van der Waals surface area contributed by atoms with Crippen molar-refractivity contribution in [2.45, 2.75) is 19.4 Å². The van der Waals surface area contributed by atoms with Gasteiger partial charge in [-0.15, -0.1) is 0 Å². The van der Waals surface area contributed by atoms with Gasteiger partial charge in [-0.25, -0.2) is 9.18 Å². The van der Waals surface area contributed by atoms with E-state index in [1.165, 1.54) is 6.07 Å². The number of amides is 1. The molecule has 3 aromatic rings. The second-order valence-corrected chi connectivity index (χ2v) is 7.22. The second-order valence-electron chi connectivity index (χ2n) is 6.30. The fourth-order valence-corrected chi connectivity index (χ4v) is 3.92. The number of rotatable bonds is 2. The van der Waals surface area contributed by atoms with E-state index >= 15 is 0 Å². The van der Waals surface area contributed by atoms with Crippen molar-refractivity contribution < 1.29 is 13.9 Å². The molecule has 2 heterocycles. The topological polar surface area (TPSA) is 45.3 Å².